The van der Waals surface area contributed by atoms with Crippen LogP contribution in [-0.2, 0) is 28.5 Å². The van der Waals surface area contributed by atoms with Crippen LogP contribution in [0.25, 0.3) is 0 Å². The fourth-order valence-corrected chi connectivity index (χ4v) is 6.62. The highest BCUT2D eigenvalue weighted by Gasteiger charge is 2.67. The molecule has 0 radical (unpaired) electrons. The molecular weight excluding hydrogens is 384 g/mol. The summed E-state index contributed by atoms with van der Waals surface area (Å²) in [7, 11) is 0. The third kappa shape index (κ3) is 3.64. The number of ether oxygens (including phenoxy) is 5. The monoisotopic (exact) mass is 420 g/mol. The van der Waals surface area contributed by atoms with Crippen molar-refractivity contribution in [2.45, 2.75) is 76.1 Å². The van der Waals surface area contributed by atoms with Crippen LogP contribution in [0.1, 0.15) is 59.3 Å². The minimum atomic E-state index is -0.510. The second kappa shape index (κ2) is 6.77. The van der Waals surface area contributed by atoms with Gasteiger partial charge in [-0.1, -0.05) is 20.4 Å². The molecule has 4 saturated carbocycles. The van der Waals surface area contributed by atoms with Crippen LogP contribution < -0.4 is 0 Å². The van der Waals surface area contributed by atoms with E-state index in [9.17, 15) is 4.79 Å². The van der Waals surface area contributed by atoms with Crippen LogP contribution in [0, 0.1) is 16.7 Å². The van der Waals surface area contributed by atoms with E-state index in [1.54, 1.807) is 6.92 Å². The smallest absolute Gasteiger partial charge is 0.333 e. The van der Waals surface area contributed by atoms with Gasteiger partial charge in [-0.05, 0) is 32.1 Å². The summed E-state index contributed by atoms with van der Waals surface area (Å²) in [6.45, 7) is 14.3. The van der Waals surface area contributed by atoms with Gasteiger partial charge in [0.15, 0.2) is 0 Å². The quantitative estimate of drug-likeness (QED) is 0.443. The van der Waals surface area contributed by atoms with Gasteiger partial charge in [0.2, 0.25) is 0 Å². The first-order valence-corrected chi connectivity index (χ1v) is 11.4. The molecule has 2 aliphatic heterocycles. The lowest BCUT2D eigenvalue weighted by molar-refractivity contribution is -0.302. The number of carbonyl (C=O) groups excluding carboxylic acids is 1. The normalized spacial score (nSPS) is 42.3. The highest BCUT2D eigenvalue weighted by atomic mass is 16.6. The molecule has 0 aromatic heterocycles. The molecule has 30 heavy (non-hydrogen) atoms. The lowest BCUT2D eigenvalue weighted by Crippen LogP contribution is -2.69. The van der Waals surface area contributed by atoms with E-state index >= 15 is 0 Å². The third-order valence-corrected chi connectivity index (χ3v) is 7.83. The Morgan fingerprint density at radius 1 is 0.867 bits per heavy atom. The van der Waals surface area contributed by atoms with Crippen molar-refractivity contribution in [1.82, 2.24) is 0 Å². The average Bonchev–Trinajstić information content (AvgIpc) is 2.60. The number of carbonyl (C=O) groups is 1. The molecule has 0 amide bonds. The van der Waals surface area contributed by atoms with Crippen molar-refractivity contribution < 1.29 is 28.5 Å². The molecule has 2 saturated heterocycles. The standard InChI is InChI=1S/C24H36O6/c1-17(2)19(25)30-24-7-18-5-22(9-24,28-15-20(3)11-26-12-20)8-23(6-18,10-24)29-16-21(4)13-27-14-21/h18H,1,5-16H2,2-4H3. The largest absolute Gasteiger partial charge is 0.455 e. The Hall–Kier alpha value is -0.950. The van der Waals surface area contributed by atoms with Crippen LogP contribution in [0.15, 0.2) is 12.2 Å². The van der Waals surface area contributed by atoms with E-state index in [1.165, 1.54) is 0 Å². The molecule has 6 rings (SSSR count). The Morgan fingerprint density at radius 2 is 1.30 bits per heavy atom. The number of hydrogen-bond donors (Lipinski definition) is 0. The van der Waals surface area contributed by atoms with Gasteiger partial charge in [0.25, 0.3) is 0 Å². The Bertz CT molecular complexity index is 696. The van der Waals surface area contributed by atoms with Gasteiger partial charge in [0.05, 0.1) is 50.8 Å². The summed E-state index contributed by atoms with van der Waals surface area (Å²) in [5.41, 5.74) is -0.447. The van der Waals surface area contributed by atoms with Crippen LogP contribution in [0.3, 0.4) is 0 Å². The first-order valence-electron chi connectivity index (χ1n) is 11.4. The number of esters is 1. The van der Waals surface area contributed by atoms with Gasteiger partial charge >= 0.3 is 5.97 Å². The van der Waals surface area contributed by atoms with E-state index in [2.05, 4.69) is 20.4 Å². The Labute approximate surface area is 179 Å². The van der Waals surface area contributed by atoms with Gasteiger partial charge in [-0.3, -0.25) is 0 Å². The van der Waals surface area contributed by atoms with Gasteiger partial charge in [0.1, 0.15) is 5.60 Å². The fraction of sp³-hybridized carbons (Fsp3) is 0.875. The van der Waals surface area contributed by atoms with Gasteiger partial charge in [0, 0.05) is 35.7 Å². The first-order chi connectivity index (χ1) is 14.1. The Kier molecular flexibility index (Phi) is 4.72. The third-order valence-electron chi connectivity index (χ3n) is 7.83. The molecule has 6 heteroatoms. The molecule has 0 aromatic rings. The van der Waals surface area contributed by atoms with E-state index in [1.807, 2.05) is 0 Å². The second-order valence-electron chi connectivity index (χ2n) is 11.9. The van der Waals surface area contributed by atoms with Crippen LogP contribution in [0.5, 0.6) is 0 Å². The molecule has 0 aromatic carbocycles. The van der Waals surface area contributed by atoms with Gasteiger partial charge in [-0.25, -0.2) is 4.79 Å². The van der Waals surface area contributed by atoms with E-state index in [4.69, 9.17) is 23.7 Å². The van der Waals surface area contributed by atoms with Crippen molar-refractivity contribution in [2.75, 3.05) is 39.6 Å². The van der Waals surface area contributed by atoms with Crippen molar-refractivity contribution >= 4 is 5.97 Å². The summed E-state index contributed by atoms with van der Waals surface area (Å²) in [5.74, 6) is 0.163. The molecule has 6 nitrogen and oxygen atoms in total. The molecule has 0 spiro atoms. The summed E-state index contributed by atoms with van der Waals surface area (Å²) in [5, 5.41) is 0. The Morgan fingerprint density at radius 3 is 1.70 bits per heavy atom. The summed E-state index contributed by atoms with van der Waals surface area (Å²) < 4.78 is 30.4. The zero-order valence-electron chi connectivity index (χ0n) is 18.7. The summed E-state index contributed by atoms with van der Waals surface area (Å²) in [6, 6.07) is 0. The molecule has 6 aliphatic rings. The molecule has 0 N–H and O–H groups in total. The zero-order chi connectivity index (χ0) is 21.3. The van der Waals surface area contributed by atoms with E-state index < -0.39 is 5.60 Å². The molecular formula is C24H36O6. The minimum absolute atomic E-state index is 0.0929. The molecule has 2 heterocycles. The molecule has 4 bridgehead atoms. The molecule has 168 valence electrons. The lowest BCUT2D eigenvalue weighted by Gasteiger charge is -2.65. The zero-order valence-corrected chi connectivity index (χ0v) is 18.7. The van der Waals surface area contributed by atoms with Gasteiger partial charge in [-0.2, -0.15) is 0 Å². The van der Waals surface area contributed by atoms with Crippen molar-refractivity contribution in [3.8, 4) is 0 Å². The maximum absolute atomic E-state index is 12.5. The second-order valence-corrected chi connectivity index (χ2v) is 11.9. The predicted molar refractivity (Wildman–Crippen MR) is 110 cm³/mol. The van der Waals surface area contributed by atoms with E-state index in [0.717, 1.165) is 65.0 Å². The average molecular weight is 421 g/mol. The lowest BCUT2D eigenvalue weighted by atomic mass is 9.50. The Balaban J connectivity index is 1.39. The molecule has 2 unspecified atom stereocenters. The van der Waals surface area contributed by atoms with E-state index in [0.29, 0.717) is 24.7 Å². The molecule has 2 atom stereocenters. The molecule has 6 fully saturated rings. The summed E-state index contributed by atoms with van der Waals surface area (Å²) >= 11 is 0. The topological polar surface area (TPSA) is 63.2 Å². The van der Waals surface area contributed by atoms with Gasteiger partial charge < -0.3 is 23.7 Å². The van der Waals surface area contributed by atoms with Crippen LogP contribution in [-0.4, -0.2) is 62.4 Å². The number of hydrogen-bond acceptors (Lipinski definition) is 6. The van der Waals surface area contributed by atoms with Crippen LogP contribution in [0.4, 0.5) is 0 Å². The van der Waals surface area contributed by atoms with Gasteiger partial charge in [-0.15, -0.1) is 0 Å². The maximum Gasteiger partial charge on any atom is 0.333 e. The molecule has 4 aliphatic carbocycles. The SMILES string of the molecule is C=C(C)C(=O)OC12CC3CC(OCC4(C)COC4)(CC(OCC4(C)COC4)(C3)C1)C2. The van der Waals surface area contributed by atoms with Crippen molar-refractivity contribution in [1.29, 1.82) is 0 Å². The predicted octanol–water partition coefficient (Wildman–Crippen LogP) is 3.43. The highest BCUT2D eigenvalue weighted by molar-refractivity contribution is 5.87. The minimum Gasteiger partial charge on any atom is -0.455 e. The first kappa shape index (κ1) is 20.9. The summed E-state index contributed by atoms with van der Waals surface area (Å²) in [4.78, 5) is 12.5. The summed E-state index contributed by atoms with van der Waals surface area (Å²) in [6.07, 6.45) is 5.37. The van der Waals surface area contributed by atoms with Crippen molar-refractivity contribution in [2.24, 2.45) is 16.7 Å². The fourth-order valence-electron chi connectivity index (χ4n) is 6.62. The van der Waals surface area contributed by atoms with Crippen LogP contribution in [0.2, 0.25) is 0 Å². The van der Waals surface area contributed by atoms with Crippen LogP contribution >= 0.6 is 0 Å². The number of rotatable bonds is 8. The van der Waals surface area contributed by atoms with E-state index in [-0.39, 0.29) is 28.0 Å². The highest BCUT2D eigenvalue weighted by Crippen LogP contribution is 2.63. The van der Waals surface area contributed by atoms with Crippen molar-refractivity contribution in [3.05, 3.63) is 12.2 Å². The van der Waals surface area contributed by atoms with Crippen molar-refractivity contribution in [3.63, 3.8) is 0 Å². The maximum atomic E-state index is 12.5.